The predicted octanol–water partition coefficient (Wildman–Crippen LogP) is 3.42. The Kier molecular flexibility index (Phi) is 4.10. The molecule has 1 amide bonds. The summed E-state index contributed by atoms with van der Waals surface area (Å²) in [4.78, 5) is 13.4. The molecule has 0 saturated heterocycles. The van der Waals surface area contributed by atoms with Crippen LogP contribution in [0.15, 0.2) is 48.8 Å². The van der Waals surface area contributed by atoms with Gasteiger partial charge >= 0.3 is 0 Å². The van der Waals surface area contributed by atoms with Gasteiger partial charge in [0.25, 0.3) is 5.91 Å². The van der Waals surface area contributed by atoms with Crippen molar-refractivity contribution in [2.75, 3.05) is 12.4 Å². The van der Waals surface area contributed by atoms with Gasteiger partial charge in [-0.1, -0.05) is 29.5 Å². The smallest absolute Gasteiger partial charge is 0.256 e. The lowest BCUT2D eigenvalue weighted by molar-refractivity contribution is 0.102. The first kappa shape index (κ1) is 16.2. The van der Waals surface area contributed by atoms with E-state index in [1.807, 2.05) is 43.3 Å². The lowest BCUT2D eigenvalue weighted by Gasteiger charge is -2.12. The SMILES string of the molecule is COc1ccc(-c2nn3cnnc3s2)cc1NC(=O)c1ccccc1C. The Balaban J connectivity index is 1.69. The van der Waals surface area contributed by atoms with Gasteiger partial charge < -0.3 is 10.1 Å². The maximum atomic E-state index is 12.6. The van der Waals surface area contributed by atoms with Crippen molar-refractivity contribution >= 4 is 27.9 Å². The molecule has 4 aromatic rings. The van der Waals surface area contributed by atoms with Gasteiger partial charge in [-0.15, -0.1) is 10.2 Å². The number of aryl methyl sites for hydroxylation is 1. The topological polar surface area (TPSA) is 81.4 Å². The molecule has 1 N–H and O–H groups in total. The Morgan fingerprint density at radius 3 is 2.85 bits per heavy atom. The molecule has 0 aliphatic heterocycles. The second-order valence-electron chi connectivity index (χ2n) is 5.65. The van der Waals surface area contributed by atoms with Crippen LogP contribution in [0.25, 0.3) is 15.5 Å². The number of ether oxygens (including phenoxy) is 1. The quantitative estimate of drug-likeness (QED) is 0.599. The van der Waals surface area contributed by atoms with Gasteiger partial charge in [0, 0.05) is 11.1 Å². The highest BCUT2D eigenvalue weighted by Gasteiger charge is 2.14. The average Bonchev–Trinajstić information content (AvgIpc) is 3.24. The van der Waals surface area contributed by atoms with E-state index in [9.17, 15) is 4.79 Å². The Hall–Kier alpha value is -3.26. The molecule has 0 saturated carbocycles. The minimum atomic E-state index is -0.184. The summed E-state index contributed by atoms with van der Waals surface area (Å²) < 4.78 is 7.01. The van der Waals surface area contributed by atoms with Crippen LogP contribution >= 0.6 is 11.3 Å². The zero-order valence-corrected chi connectivity index (χ0v) is 14.9. The van der Waals surface area contributed by atoms with Crippen molar-refractivity contribution in [3.8, 4) is 16.3 Å². The molecule has 2 aromatic heterocycles. The number of hydrogen-bond acceptors (Lipinski definition) is 6. The van der Waals surface area contributed by atoms with Gasteiger partial charge in [-0.05, 0) is 36.8 Å². The van der Waals surface area contributed by atoms with Crippen molar-refractivity contribution in [2.24, 2.45) is 0 Å². The number of benzene rings is 2. The summed E-state index contributed by atoms with van der Waals surface area (Å²) in [5, 5.41) is 16.0. The van der Waals surface area contributed by atoms with Crippen LogP contribution in [0.4, 0.5) is 5.69 Å². The van der Waals surface area contributed by atoms with Crippen LogP contribution in [0.2, 0.25) is 0 Å². The van der Waals surface area contributed by atoms with E-state index in [1.165, 1.54) is 11.3 Å². The Labute approximate surface area is 153 Å². The maximum absolute atomic E-state index is 12.6. The number of amides is 1. The van der Waals surface area contributed by atoms with E-state index < -0.39 is 0 Å². The molecule has 0 aliphatic rings. The third-order valence-electron chi connectivity index (χ3n) is 3.97. The molecule has 8 heteroatoms. The number of hydrogen-bond donors (Lipinski definition) is 1. The standard InChI is InChI=1S/C18H15N5O2S/c1-11-5-3-4-6-13(11)16(24)20-14-9-12(7-8-15(14)25-2)17-22-23-10-19-21-18(23)26-17/h3-10H,1-2H3,(H,20,24). The van der Waals surface area contributed by atoms with Crippen LogP contribution in [0, 0.1) is 6.92 Å². The van der Waals surface area contributed by atoms with E-state index in [0.717, 1.165) is 16.1 Å². The van der Waals surface area contributed by atoms with Crippen LogP contribution in [0.1, 0.15) is 15.9 Å². The van der Waals surface area contributed by atoms with E-state index in [-0.39, 0.29) is 5.91 Å². The second-order valence-corrected chi connectivity index (χ2v) is 6.61. The molecule has 0 spiro atoms. The summed E-state index contributed by atoms with van der Waals surface area (Å²) in [5.74, 6) is 0.398. The normalized spacial score (nSPS) is 10.8. The van der Waals surface area contributed by atoms with Crippen LogP contribution < -0.4 is 10.1 Å². The average molecular weight is 365 g/mol. The molecule has 0 bridgehead atoms. The van der Waals surface area contributed by atoms with E-state index in [0.29, 0.717) is 22.0 Å². The molecular formula is C18H15N5O2S. The van der Waals surface area contributed by atoms with Gasteiger partial charge in [0.2, 0.25) is 4.96 Å². The maximum Gasteiger partial charge on any atom is 0.256 e. The van der Waals surface area contributed by atoms with E-state index in [4.69, 9.17) is 4.74 Å². The summed E-state index contributed by atoms with van der Waals surface area (Å²) in [5.41, 5.74) is 2.98. The Morgan fingerprint density at radius 2 is 2.08 bits per heavy atom. The molecule has 0 unspecified atom stereocenters. The molecule has 2 heterocycles. The van der Waals surface area contributed by atoms with Crippen LogP contribution in [0.5, 0.6) is 5.75 Å². The van der Waals surface area contributed by atoms with Crippen molar-refractivity contribution in [3.05, 3.63) is 59.9 Å². The largest absolute Gasteiger partial charge is 0.495 e. The van der Waals surface area contributed by atoms with Crippen molar-refractivity contribution in [2.45, 2.75) is 6.92 Å². The first-order chi connectivity index (χ1) is 12.7. The number of aromatic nitrogens is 4. The Bertz CT molecular complexity index is 1070. The molecule has 0 radical (unpaired) electrons. The second kappa shape index (κ2) is 6.57. The first-order valence-corrected chi connectivity index (χ1v) is 8.69. The molecule has 0 aliphatic carbocycles. The summed E-state index contributed by atoms with van der Waals surface area (Å²) in [7, 11) is 1.57. The summed E-state index contributed by atoms with van der Waals surface area (Å²) >= 11 is 1.42. The number of methoxy groups -OCH3 is 1. The van der Waals surface area contributed by atoms with E-state index >= 15 is 0 Å². The molecule has 0 atom stereocenters. The predicted molar refractivity (Wildman–Crippen MR) is 99.8 cm³/mol. The molecule has 7 nitrogen and oxygen atoms in total. The highest BCUT2D eigenvalue weighted by Crippen LogP contribution is 2.32. The Morgan fingerprint density at radius 1 is 1.23 bits per heavy atom. The highest BCUT2D eigenvalue weighted by molar-refractivity contribution is 7.19. The minimum Gasteiger partial charge on any atom is -0.495 e. The summed E-state index contributed by atoms with van der Waals surface area (Å²) in [6, 6.07) is 13.0. The molecule has 2 aromatic carbocycles. The van der Waals surface area contributed by atoms with Gasteiger partial charge in [0.05, 0.1) is 12.8 Å². The number of nitrogens with zero attached hydrogens (tertiary/aromatic N) is 4. The number of anilines is 1. The number of carbonyl (C=O) groups is 1. The molecule has 26 heavy (non-hydrogen) atoms. The van der Waals surface area contributed by atoms with Crippen molar-refractivity contribution in [1.82, 2.24) is 19.8 Å². The number of carbonyl (C=O) groups excluding carboxylic acids is 1. The van der Waals surface area contributed by atoms with Gasteiger partial charge in [0.1, 0.15) is 17.1 Å². The fourth-order valence-electron chi connectivity index (χ4n) is 2.63. The number of rotatable bonds is 4. The fraction of sp³-hybridized carbons (Fsp3) is 0.111. The van der Waals surface area contributed by atoms with Crippen molar-refractivity contribution in [1.29, 1.82) is 0 Å². The molecule has 130 valence electrons. The fourth-order valence-corrected chi connectivity index (χ4v) is 3.45. The zero-order valence-electron chi connectivity index (χ0n) is 14.1. The van der Waals surface area contributed by atoms with E-state index in [1.54, 1.807) is 24.0 Å². The summed E-state index contributed by atoms with van der Waals surface area (Å²) in [6.45, 7) is 1.90. The first-order valence-electron chi connectivity index (χ1n) is 7.88. The lowest BCUT2D eigenvalue weighted by atomic mass is 10.1. The molecular weight excluding hydrogens is 350 g/mol. The van der Waals surface area contributed by atoms with Crippen LogP contribution in [-0.4, -0.2) is 32.8 Å². The summed E-state index contributed by atoms with van der Waals surface area (Å²) in [6.07, 6.45) is 1.56. The van der Waals surface area contributed by atoms with Crippen LogP contribution in [0.3, 0.4) is 0 Å². The highest BCUT2D eigenvalue weighted by atomic mass is 32.1. The lowest BCUT2D eigenvalue weighted by Crippen LogP contribution is -2.14. The zero-order chi connectivity index (χ0) is 18.1. The molecule has 0 fully saturated rings. The third kappa shape index (κ3) is 2.91. The van der Waals surface area contributed by atoms with Gasteiger partial charge in [-0.2, -0.15) is 9.61 Å². The number of fused-ring (bicyclic) bond motifs is 1. The van der Waals surface area contributed by atoms with Crippen molar-refractivity contribution in [3.63, 3.8) is 0 Å². The van der Waals surface area contributed by atoms with Gasteiger partial charge in [0.15, 0.2) is 0 Å². The van der Waals surface area contributed by atoms with Crippen LogP contribution in [-0.2, 0) is 0 Å². The van der Waals surface area contributed by atoms with E-state index in [2.05, 4.69) is 20.6 Å². The van der Waals surface area contributed by atoms with Crippen molar-refractivity contribution < 1.29 is 9.53 Å². The monoisotopic (exact) mass is 365 g/mol. The molecule has 4 rings (SSSR count). The minimum absolute atomic E-state index is 0.184. The van der Waals surface area contributed by atoms with Gasteiger partial charge in [-0.25, -0.2) is 0 Å². The number of nitrogens with one attached hydrogen (secondary N) is 1. The van der Waals surface area contributed by atoms with Gasteiger partial charge in [-0.3, -0.25) is 4.79 Å². The third-order valence-corrected chi connectivity index (χ3v) is 4.93.